The highest BCUT2D eigenvalue weighted by molar-refractivity contribution is 7.19. The molecule has 1 N–H and O–H groups in total. The highest BCUT2D eigenvalue weighted by Gasteiger charge is 2.32. The minimum absolute atomic E-state index is 0.0838. The van der Waals surface area contributed by atoms with E-state index in [1.165, 1.54) is 4.57 Å². The van der Waals surface area contributed by atoms with Crippen molar-refractivity contribution in [1.29, 1.82) is 0 Å². The Balaban J connectivity index is 0.934. The summed E-state index contributed by atoms with van der Waals surface area (Å²) in [5, 5.41) is 7.47. The topological polar surface area (TPSA) is 151 Å². The van der Waals surface area contributed by atoms with Crippen molar-refractivity contribution in [2.45, 2.75) is 44.8 Å². The lowest BCUT2D eigenvalue weighted by molar-refractivity contribution is -0.136. The largest absolute Gasteiger partial charge is 0.369 e. The molecule has 6 aromatic rings. The van der Waals surface area contributed by atoms with Crippen molar-refractivity contribution in [3.63, 3.8) is 0 Å². The number of imide groups is 1. The molecule has 4 amide bonds. The summed E-state index contributed by atoms with van der Waals surface area (Å²) in [5.74, 6) is -0.750. The number of rotatable bonds is 10. The molecule has 0 spiro atoms. The zero-order chi connectivity index (χ0) is 42.4. The lowest BCUT2D eigenvalue weighted by atomic mass is 10.00. The maximum atomic E-state index is 13.5. The number of fused-ring (bicyclic) bond motifs is 2. The van der Waals surface area contributed by atoms with Gasteiger partial charge in [-0.15, -0.1) is 11.3 Å². The molecule has 0 bridgehead atoms. The van der Waals surface area contributed by atoms with Gasteiger partial charge >= 0.3 is 5.69 Å². The van der Waals surface area contributed by atoms with Gasteiger partial charge in [0, 0.05) is 121 Å². The van der Waals surface area contributed by atoms with E-state index in [2.05, 4.69) is 50.6 Å². The van der Waals surface area contributed by atoms with E-state index in [4.69, 9.17) is 4.98 Å². The average Bonchev–Trinajstić information content (AvgIpc) is 4.02. The van der Waals surface area contributed by atoms with Crippen molar-refractivity contribution in [3.05, 3.63) is 106 Å². The Morgan fingerprint density at radius 1 is 0.967 bits per heavy atom. The molecule has 3 aromatic heterocycles. The van der Waals surface area contributed by atoms with Crippen LogP contribution in [0.3, 0.4) is 0 Å². The van der Waals surface area contributed by atoms with Gasteiger partial charge in [0.2, 0.25) is 17.7 Å². The monoisotopic (exact) mass is 840 g/mol. The quantitative estimate of drug-likeness (QED) is 0.197. The minimum atomic E-state index is -0.727. The maximum absolute atomic E-state index is 13.5. The predicted molar refractivity (Wildman–Crippen MR) is 235 cm³/mol. The smallest absolute Gasteiger partial charge is 0.329 e. The molecule has 9 rings (SSSR count). The third-order valence-electron chi connectivity index (χ3n) is 12.0. The molecule has 0 saturated carbocycles. The van der Waals surface area contributed by atoms with Gasteiger partial charge in [-0.2, -0.15) is 5.10 Å². The van der Waals surface area contributed by atoms with Crippen LogP contribution in [0, 0.1) is 0 Å². The highest BCUT2D eigenvalue weighted by atomic mass is 32.1. The molecule has 3 aliphatic rings. The normalized spacial score (nSPS) is 17.6. The van der Waals surface area contributed by atoms with Crippen LogP contribution < -0.4 is 15.9 Å². The van der Waals surface area contributed by atoms with Crippen molar-refractivity contribution in [3.8, 4) is 11.1 Å². The molecular weight excluding hydrogens is 793 g/mol. The average molecular weight is 841 g/mol. The van der Waals surface area contributed by atoms with E-state index < -0.39 is 11.9 Å². The molecule has 314 valence electrons. The number of carbonyl (C=O) groups excluding carboxylic acids is 4. The van der Waals surface area contributed by atoms with Crippen molar-refractivity contribution in [2.24, 2.45) is 7.05 Å². The molecular formula is C45H48N10O5S. The first kappa shape index (κ1) is 40.0. The molecule has 3 aromatic carbocycles. The summed E-state index contributed by atoms with van der Waals surface area (Å²) < 4.78 is 5.85. The second-order valence-electron chi connectivity index (χ2n) is 16.2. The summed E-state index contributed by atoms with van der Waals surface area (Å²) in [4.78, 5) is 78.2. The maximum Gasteiger partial charge on any atom is 0.329 e. The number of para-hydroxylation sites is 1. The molecule has 3 aliphatic heterocycles. The third-order valence-corrected chi connectivity index (χ3v) is 13.1. The zero-order valence-corrected chi connectivity index (χ0v) is 35.4. The Morgan fingerprint density at radius 3 is 2.56 bits per heavy atom. The number of nitrogens with one attached hydrogen (secondary N) is 1. The number of aromatic nitrogens is 5. The Labute approximate surface area is 356 Å². The number of amides is 4. The van der Waals surface area contributed by atoms with Crippen LogP contribution >= 0.6 is 11.3 Å². The molecule has 2 saturated heterocycles. The van der Waals surface area contributed by atoms with Crippen LogP contribution in [0.15, 0.2) is 83.9 Å². The summed E-state index contributed by atoms with van der Waals surface area (Å²) in [6, 6.07) is 19.3. The van der Waals surface area contributed by atoms with Gasteiger partial charge in [-0.3, -0.25) is 43.2 Å². The van der Waals surface area contributed by atoms with Crippen molar-refractivity contribution >= 4 is 67.5 Å². The number of carbonyl (C=O) groups is 4. The van der Waals surface area contributed by atoms with Gasteiger partial charge in [-0.25, -0.2) is 9.78 Å². The number of thiazole rings is 1. The van der Waals surface area contributed by atoms with Gasteiger partial charge in [-0.1, -0.05) is 30.3 Å². The van der Waals surface area contributed by atoms with E-state index in [1.54, 1.807) is 52.8 Å². The van der Waals surface area contributed by atoms with Gasteiger partial charge in [-0.05, 0) is 60.4 Å². The predicted octanol–water partition coefficient (Wildman–Crippen LogP) is 4.52. The van der Waals surface area contributed by atoms with Gasteiger partial charge in [0.05, 0.1) is 21.3 Å². The summed E-state index contributed by atoms with van der Waals surface area (Å²) in [7, 11) is 5.26. The Bertz CT molecular complexity index is 2770. The summed E-state index contributed by atoms with van der Waals surface area (Å²) >= 11 is 1.56. The number of nitrogens with zero attached hydrogens (tertiary/aromatic N) is 9. The van der Waals surface area contributed by atoms with Gasteiger partial charge in [0.25, 0.3) is 5.91 Å². The Kier molecular flexibility index (Phi) is 10.9. The number of piperidine rings is 1. The fourth-order valence-electron chi connectivity index (χ4n) is 8.83. The van der Waals surface area contributed by atoms with E-state index in [0.29, 0.717) is 50.1 Å². The van der Waals surface area contributed by atoms with Crippen LogP contribution in [0.1, 0.15) is 52.7 Å². The first-order chi connectivity index (χ1) is 29.5. The van der Waals surface area contributed by atoms with E-state index in [-0.39, 0.29) is 29.8 Å². The first-order valence-electron chi connectivity index (χ1n) is 20.7. The van der Waals surface area contributed by atoms with Crippen LogP contribution in [0.25, 0.3) is 38.0 Å². The molecule has 1 unspecified atom stereocenters. The summed E-state index contributed by atoms with van der Waals surface area (Å²) in [5.41, 5.74) is 7.60. The van der Waals surface area contributed by atoms with Crippen LogP contribution in [0.2, 0.25) is 0 Å². The highest BCUT2D eigenvalue weighted by Crippen LogP contribution is 2.38. The van der Waals surface area contributed by atoms with Gasteiger partial charge in [0.15, 0.2) is 0 Å². The fourth-order valence-corrected chi connectivity index (χ4v) is 9.90. The van der Waals surface area contributed by atoms with Crippen molar-refractivity contribution in [1.82, 2.24) is 43.9 Å². The van der Waals surface area contributed by atoms with E-state index in [1.807, 2.05) is 47.5 Å². The molecule has 0 aliphatic carbocycles. The fraction of sp³-hybridized carbons (Fsp3) is 0.356. The number of piperazine rings is 1. The molecule has 6 heterocycles. The van der Waals surface area contributed by atoms with E-state index in [9.17, 15) is 24.0 Å². The molecule has 1 atom stereocenters. The second kappa shape index (κ2) is 16.6. The Morgan fingerprint density at radius 2 is 1.79 bits per heavy atom. The van der Waals surface area contributed by atoms with Gasteiger partial charge in [0.1, 0.15) is 11.0 Å². The van der Waals surface area contributed by atoms with Gasteiger partial charge < -0.3 is 14.7 Å². The minimum Gasteiger partial charge on any atom is -0.369 e. The number of anilines is 1. The number of benzene rings is 3. The number of aryl methyl sites for hydroxylation is 2. The van der Waals surface area contributed by atoms with Crippen LogP contribution in [0.4, 0.5) is 5.69 Å². The lowest BCUT2D eigenvalue weighted by Crippen LogP contribution is -2.46. The SMILES string of the molecule is CN(C)C(=O)c1cc(-c2cccc(N3CCN(Cc4cccc5c4n(C)c(=O)n5C4CCC(=O)NC4=O)CC3)c2)c2nc(C3=CCCN(C(=O)CCn4cccn4)C3)sc2c1. The summed E-state index contributed by atoms with van der Waals surface area (Å²) in [6.07, 6.45) is 7.38. The van der Waals surface area contributed by atoms with Crippen LogP contribution in [-0.4, -0.2) is 116 Å². The lowest BCUT2D eigenvalue weighted by Gasteiger charge is -2.36. The molecule has 0 radical (unpaired) electrons. The number of hydrogen-bond acceptors (Lipinski definition) is 10. The number of hydrogen-bond donors (Lipinski definition) is 1. The molecule has 15 nitrogen and oxygen atoms in total. The second-order valence-corrected chi connectivity index (χ2v) is 17.2. The molecule has 2 fully saturated rings. The van der Waals surface area contributed by atoms with E-state index >= 15 is 0 Å². The summed E-state index contributed by atoms with van der Waals surface area (Å²) in [6.45, 7) is 5.50. The molecule has 16 heteroatoms. The van der Waals surface area contributed by atoms with Crippen LogP contribution in [-0.2, 0) is 34.5 Å². The molecule has 61 heavy (non-hydrogen) atoms. The van der Waals surface area contributed by atoms with Crippen molar-refractivity contribution < 1.29 is 19.2 Å². The van der Waals surface area contributed by atoms with Crippen LogP contribution in [0.5, 0.6) is 0 Å². The zero-order valence-electron chi connectivity index (χ0n) is 34.5. The van der Waals surface area contributed by atoms with E-state index in [0.717, 1.165) is 81.3 Å². The standard InChI is InChI=1S/C45H48N10O5S/c1-49(2)44(59)32-25-34(40-37(26-32)61-43(48-40)31-10-6-17-53(28-31)39(57)15-19-54-18-7-16-46-54)29-8-4-11-33(24-29)52-22-20-51(21-23-52)27-30-9-5-12-35-41(30)50(3)45(60)55(35)36-13-14-38(56)47-42(36)58/h4-5,7-12,16,18,24-26,36H,6,13-15,17,19-23,27-28H2,1-3H3,(H,47,56,58). The number of imidazole rings is 1. The third kappa shape index (κ3) is 7.88. The Hall–Kier alpha value is -6.39. The first-order valence-corrected chi connectivity index (χ1v) is 21.5. The van der Waals surface area contributed by atoms with Crippen molar-refractivity contribution in [2.75, 3.05) is 58.3 Å².